The van der Waals surface area contributed by atoms with Gasteiger partial charge in [0.1, 0.15) is 11.6 Å². The van der Waals surface area contributed by atoms with Crippen LogP contribution in [-0.2, 0) is 11.3 Å². The Labute approximate surface area is 171 Å². The molecule has 0 bridgehead atoms. The van der Waals surface area contributed by atoms with Gasteiger partial charge in [0.15, 0.2) is 5.16 Å². The van der Waals surface area contributed by atoms with E-state index in [9.17, 15) is 4.79 Å². The van der Waals surface area contributed by atoms with E-state index in [-0.39, 0.29) is 11.9 Å². The van der Waals surface area contributed by atoms with Crippen molar-refractivity contribution in [1.29, 1.82) is 0 Å². The van der Waals surface area contributed by atoms with Crippen LogP contribution in [0.15, 0.2) is 45.5 Å². The second-order valence-corrected chi connectivity index (χ2v) is 9.25. The van der Waals surface area contributed by atoms with E-state index in [4.69, 9.17) is 4.42 Å². The minimum Gasteiger partial charge on any atom is -0.467 e. The van der Waals surface area contributed by atoms with E-state index in [0.717, 1.165) is 49.0 Å². The van der Waals surface area contributed by atoms with Crippen LogP contribution < -0.4 is 0 Å². The molecule has 6 nitrogen and oxygen atoms in total. The average molecular weight is 415 g/mol. The predicted octanol–water partition coefficient (Wildman–Crippen LogP) is 4.31. The van der Waals surface area contributed by atoms with E-state index in [1.54, 1.807) is 17.6 Å². The lowest BCUT2D eigenvalue weighted by atomic mass is 10.2. The van der Waals surface area contributed by atoms with E-state index < -0.39 is 0 Å². The second kappa shape index (κ2) is 7.75. The quantitative estimate of drug-likeness (QED) is 0.539. The Morgan fingerprint density at radius 1 is 1.25 bits per heavy atom. The van der Waals surface area contributed by atoms with Crippen molar-refractivity contribution >= 4 is 29.0 Å². The van der Waals surface area contributed by atoms with Crippen molar-refractivity contribution in [3.05, 3.63) is 52.4 Å². The number of carbonyl (C=O) groups is 1. The molecular weight excluding hydrogens is 392 g/mol. The molecule has 4 heterocycles. The van der Waals surface area contributed by atoms with Crippen molar-refractivity contribution in [1.82, 2.24) is 19.7 Å². The van der Waals surface area contributed by atoms with Crippen molar-refractivity contribution in [2.24, 2.45) is 0 Å². The molecular formula is C20H22N4O2S2. The zero-order valence-electron chi connectivity index (χ0n) is 15.5. The number of hydrogen-bond donors (Lipinski definition) is 0. The van der Waals surface area contributed by atoms with Crippen LogP contribution in [0.5, 0.6) is 0 Å². The van der Waals surface area contributed by atoms with Crippen LogP contribution in [0.2, 0.25) is 0 Å². The van der Waals surface area contributed by atoms with Gasteiger partial charge < -0.3 is 9.32 Å². The number of thioether (sulfide) groups is 1. The fourth-order valence-corrected chi connectivity index (χ4v) is 5.51. The standard InChI is InChI=1S/C20H22N4O2S2/c25-18(23-9-1-5-16(23)17-6-3-11-27-17)13-28-20-22-21-19(14-7-8-14)24(20)12-15-4-2-10-26-15/h2-4,6,10-11,14,16H,1,5,7-9,12-13H2. The summed E-state index contributed by atoms with van der Waals surface area (Å²) in [6.07, 6.45) is 6.13. The number of aromatic nitrogens is 3. The average Bonchev–Trinajstić information content (AvgIpc) is 3.21. The molecule has 3 aromatic heterocycles. The molecule has 0 radical (unpaired) electrons. The summed E-state index contributed by atoms with van der Waals surface area (Å²) in [6, 6.07) is 8.29. The number of hydrogen-bond acceptors (Lipinski definition) is 6. The van der Waals surface area contributed by atoms with Crippen molar-refractivity contribution < 1.29 is 9.21 Å². The molecule has 1 saturated heterocycles. The molecule has 0 N–H and O–H groups in total. The molecule has 5 rings (SSSR count). The third kappa shape index (κ3) is 3.63. The van der Waals surface area contributed by atoms with Crippen molar-refractivity contribution in [2.75, 3.05) is 12.3 Å². The van der Waals surface area contributed by atoms with Gasteiger partial charge in [0.05, 0.1) is 24.6 Å². The first kappa shape index (κ1) is 18.0. The highest BCUT2D eigenvalue weighted by molar-refractivity contribution is 7.99. The summed E-state index contributed by atoms with van der Waals surface area (Å²) in [5.41, 5.74) is 0. The summed E-state index contributed by atoms with van der Waals surface area (Å²) in [7, 11) is 0. The SMILES string of the molecule is O=C(CSc1nnc(C2CC2)n1Cc1ccco1)N1CCCC1c1cccs1. The van der Waals surface area contributed by atoms with Gasteiger partial charge in [-0.25, -0.2) is 0 Å². The van der Waals surface area contributed by atoms with Crippen LogP contribution in [0.25, 0.3) is 0 Å². The van der Waals surface area contributed by atoms with E-state index in [1.165, 1.54) is 16.6 Å². The topological polar surface area (TPSA) is 64.2 Å². The highest BCUT2D eigenvalue weighted by atomic mass is 32.2. The van der Waals surface area contributed by atoms with Gasteiger partial charge in [-0.15, -0.1) is 21.5 Å². The fourth-order valence-electron chi connectivity index (χ4n) is 3.81. The number of rotatable bonds is 7. The third-order valence-electron chi connectivity index (χ3n) is 5.35. The lowest BCUT2D eigenvalue weighted by molar-refractivity contribution is -0.129. The highest BCUT2D eigenvalue weighted by Crippen LogP contribution is 2.40. The minimum absolute atomic E-state index is 0.182. The Bertz CT molecular complexity index is 932. The van der Waals surface area contributed by atoms with Crippen LogP contribution in [0, 0.1) is 0 Å². The van der Waals surface area contributed by atoms with Gasteiger partial charge >= 0.3 is 0 Å². The van der Waals surface area contributed by atoms with Gasteiger partial charge in [0.2, 0.25) is 5.91 Å². The maximum Gasteiger partial charge on any atom is 0.233 e. The van der Waals surface area contributed by atoms with Gasteiger partial charge in [0, 0.05) is 17.3 Å². The molecule has 1 aliphatic carbocycles. The van der Waals surface area contributed by atoms with E-state index in [1.807, 2.05) is 17.0 Å². The largest absolute Gasteiger partial charge is 0.467 e. The predicted molar refractivity (Wildman–Crippen MR) is 109 cm³/mol. The molecule has 3 aromatic rings. The number of nitrogens with zero attached hydrogens (tertiary/aromatic N) is 4. The van der Waals surface area contributed by atoms with Gasteiger partial charge in [-0.3, -0.25) is 9.36 Å². The van der Waals surface area contributed by atoms with Crippen molar-refractivity contribution in [3.8, 4) is 0 Å². The zero-order chi connectivity index (χ0) is 18.9. The van der Waals surface area contributed by atoms with E-state index >= 15 is 0 Å². The van der Waals surface area contributed by atoms with Gasteiger partial charge in [-0.2, -0.15) is 0 Å². The monoisotopic (exact) mass is 414 g/mol. The fraction of sp³-hybridized carbons (Fsp3) is 0.450. The second-order valence-electron chi connectivity index (χ2n) is 7.33. The maximum atomic E-state index is 12.9. The Hall–Kier alpha value is -2.06. The summed E-state index contributed by atoms with van der Waals surface area (Å²) >= 11 is 3.23. The van der Waals surface area contributed by atoms with E-state index in [0.29, 0.717) is 18.2 Å². The third-order valence-corrected chi connectivity index (χ3v) is 7.28. The first-order valence-electron chi connectivity index (χ1n) is 9.71. The van der Waals surface area contributed by atoms with Crippen LogP contribution in [0.1, 0.15) is 54.1 Å². The summed E-state index contributed by atoms with van der Waals surface area (Å²) < 4.78 is 7.64. The van der Waals surface area contributed by atoms with Crippen LogP contribution in [0.4, 0.5) is 0 Å². The number of carbonyl (C=O) groups excluding carboxylic acids is 1. The van der Waals surface area contributed by atoms with Crippen LogP contribution in [0.3, 0.4) is 0 Å². The Kier molecular flexibility index (Phi) is 4.98. The Morgan fingerprint density at radius 2 is 2.18 bits per heavy atom. The summed E-state index contributed by atoms with van der Waals surface area (Å²) in [6.45, 7) is 1.46. The molecule has 1 aliphatic heterocycles. The Morgan fingerprint density at radius 3 is 2.93 bits per heavy atom. The molecule has 146 valence electrons. The summed E-state index contributed by atoms with van der Waals surface area (Å²) in [5.74, 6) is 2.97. The first-order valence-corrected chi connectivity index (χ1v) is 11.6. The highest BCUT2D eigenvalue weighted by Gasteiger charge is 2.33. The maximum absolute atomic E-state index is 12.9. The first-order chi connectivity index (χ1) is 13.8. The number of likely N-dealkylation sites (tertiary alicyclic amines) is 1. The number of thiophene rings is 1. The normalized spacial score (nSPS) is 19.4. The zero-order valence-corrected chi connectivity index (χ0v) is 17.1. The number of amides is 1. The molecule has 0 spiro atoms. The Balaban J connectivity index is 1.29. The molecule has 1 saturated carbocycles. The summed E-state index contributed by atoms with van der Waals surface area (Å²) in [4.78, 5) is 16.3. The molecule has 28 heavy (non-hydrogen) atoms. The van der Waals surface area contributed by atoms with Gasteiger partial charge in [0.25, 0.3) is 0 Å². The van der Waals surface area contributed by atoms with Gasteiger partial charge in [-0.1, -0.05) is 17.8 Å². The molecule has 1 unspecified atom stereocenters. The summed E-state index contributed by atoms with van der Waals surface area (Å²) in [5, 5.41) is 11.7. The lowest BCUT2D eigenvalue weighted by Gasteiger charge is -2.23. The van der Waals surface area contributed by atoms with Crippen LogP contribution in [-0.4, -0.2) is 37.9 Å². The minimum atomic E-state index is 0.182. The molecule has 2 fully saturated rings. The molecule has 8 heteroatoms. The van der Waals surface area contributed by atoms with Crippen LogP contribution >= 0.6 is 23.1 Å². The molecule has 0 aromatic carbocycles. The van der Waals surface area contributed by atoms with Crippen molar-refractivity contribution in [2.45, 2.75) is 49.3 Å². The van der Waals surface area contributed by atoms with Crippen molar-refractivity contribution in [3.63, 3.8) is 0 Å². The van der Waals surface area contributed by atoms with E-state index in [2.05, 4.69) is 32.3 Å². The van der Waals surface area contributed by atoms with Gasteiger partial charge in [-0.05, 0) is 49.3 Å². The molecule has 1 amide bonds. The molecule has 1 atom stereocenters. The number of furan rings is 1. The molecule has 2 aliphatic rings. The smallest absolute Gasteiger partial charge is 0.233 e. The lowest BCUT2D eigenvalue weighted by Crippen LogP contribution is -2.31.